The highest BCUT2D eigenvalue weighted by atomic mass is 35.5. The number of hydrogen-bond acceptors (Lipinski definition) is 2. The summed E-state index contributed by atoms with van der Waals surface area (Å²) in [6.07, 6.45) is 4.63. The summed E-state index contributed by atoms with van der Waals surface area (Å²) in [6, 6.07) is 17.4. The van der Waals surface area contributed by atoms with Crippen LogP contribution in [0.25, 0.3) is 0 Å². The summed E-state index contributed by atoms with van der Waals surface area (Å²) in [4.78, 5) is 16.9. The first-order valence-corrected chi connectivity index (χ1v) is 9.16. The van der Waals surface area contributed by atoms with E-state index in [1.807, 2.05) is 36.4 Å². The lowest BCUT2D eigenvalue weighted by Gasteiger charge is -2.17. The summed E-state index contributed by atoms with van der Waals surface area (Å²) in [5, 5.41) is 3.67. The van der Waals surface area contributed by atoms with Gasteiger partial charge in [-0.25, -0.2) is 4.39 Å². The van der Waals surface area contributed by atoms with Crippen molar-refractivity contribution in [1.82, 2.24) is 10.3 Å². The van der Waals surface area contributed by atoms with Crippen molar-refractivity contribution in [3.8, 4) is 0 Å². The van der Waals surface area contributed by atoms with Crippen molar-refractivity contribution in [2.45, 2.75) is 18.8 Å². The van der Waals surface area contributed by atoms with Gasteiger partial charge in [-0.2, -0.15) is 0 Å². The zero-order chi connectivity index (χ0) is 19.1. The van der Waals surface area contributed by atoms with Gasteiger partial charge in [-0.05, 0) is 59.9 Å². The zero-order valence-electron chi connectivity index (χ0n) is 14.7. The fourth-order valence-electron chi connectivity index (χ4n) is 2.96. The fourth-order valence-corrected chi connectivity index (χ4v) is 3.17. The van der Waals surface area contributed by atoms with Gasteiger partial charge in [-0.3, -0.25) is 9.78 Å². The Labute approximate surface area is 163 Å². The predicted octanol–water partition coefficient (Wildman–Crippen LogP) is 4.56. The Hall–Kier alpha value is -2.72. The maximum Gasteiger partial charge on any atom is 0.227 e. The van der Waals surface area contributed by atoms with Crippen molar-refractivity contribution < 1.29 is 9.18 Å². The van der Waals surface area contributed by atoms with Crippen LogP contribution in [0.1, 0.15) is 22.6 Å². The van der Waals surface area contributed by atoms with Gasteiger partial charge in [0.15, 0.2) is 0 Å². The molecule has 5 heteroatoms. The lowest BCUT2D eigenvalue weighted by molar-refractivity contribution is -0.122. The molecule has 0 saturated heterocycles. The topological polar surface area (TPSA) is 42.0 Å². The van der Waals surface area contributed by atoms with Crippen LogP contribution in [0.15, 0.2) is 73.1 Å². The molecule has 0 aliphatic rings. The molecule has 1 aromatic heterocycles. The van der Waals surface area contributed by atoms with Crippen LogP contribution < -0.4 is 5.32 Å². The molecule has 0 aliphatic carbocycles. The summed E-state index contributed by atoms with van der Waals surface area (Å²) < 4.78 is 13.3. The van der Waals surface area contributed by atoms with Crippen LogP contribution in [0, 0.1) is 5.82 Å². The minimum Gasteiger partial charge on any atom is -0.355 e. The Morgan fingerprint density at radius 1 is 1.07 bits per heavy atom. The number of rotatable bonds is 7. The summed E-state index contributed by atoms with van der Waals surface area (Å²) in [7, 11) is 0. The number of amides is 1. The molecule has 2 aromatic carbocycles. The molecular formula is C22H20ClFN2O. The first-order chi connectivity index (χ1) is 13.1. The molecule has 1 atom stereocenters. The van der Waals surface area contributed by atoms with Crippen molar-refractivity contribution in [2.75, 3.05) is 6.54 Å². The van der Waals surface area contributed by atoms with E-state index in [0.29, 0.717) is 24.4 Å². The largest absolute Gasteiger partial charge is 0.355 e. The summed E-state index contributed by atoms with van der Waals surface area (Å²) in [6.45, 7) is 0.504. The third-order valence-electron chi connectivity index (χ3n) is 4.35. The second kappa shape index (κ2) is 9.28. The highest BCUT2D eigenvalue weighted by Gasteiger charge is 2.21. The molecule has 0 aliphatic heterocycles. The molecule has 0 fully saturated rings. The van der Waals surface area contributed by atoms with Gasteiger partial charge in [-0.15, -0.1) is 0 Å². The lowest BCUT2D eigenvalue weighted by Crippen LogP contribution is -2.32. The molecule has 3 rings (SSSR count). The molecule has 3 nitrogen and oxygen atoms in total. The normalized spacial score (nSPS) is 11.8. The zero-order valence-corrected chi connectivity index (χ0v) is 15.5. The van der Waals surface area contributed by atoms with Gasteiger partial charge in [-0.1, -0.05) is 41.9 Å². The van der Waals surface area contributed by atoms with Crippen molar-refractivity contribution in [1.29, 1.82) is 0 Å². The highest BCUT2D eigenvalue weighted by Crippen LogP contribution is 2.21. The second-order valence-corrected chi connectivity index (χ2v) is 6.78. The monoisotopic (exact) mass is 382 g/mol. The average molecular weight is 383 g/mol. The van der Waals surface area contributed by atoms with E-state index in [1.165, 1.54) is 12.1 Å². The van der Waals surface area contributed by atoms with Crippen LogP contribution in [0.3, 0.4) is 0 Å². The van der Waals surface area contributed by atoms with Crippen molar-refractivity contribution in [3.05, 3.63) is 101 Å². The van der Waals surface area contributed by atoms with Crippen LogP contribution >= 0.6 is 11.6 Å². The molecule has 1 amide bonds. The van der Waals surface area contributed by atoms with Gasteiger partial charge in [0, 0.05) is 24.0 Å². The van der Waals surface area contributed by atoms with Crippen LogP contribution in [0.2, 0.25) is 5.02 Å². The molecular weight excluding hydrogens is 363 g/mol. The van der Waals surface area contributed by atoms with Crippen molar-refractivity contribution >= 4 is 17.5 Å². The summed E-state index contributed by atoms with van der Waals surface area (Å²) in [5.41, 5.74) is 2.80. The number of carbonyl (C=O) groups excluding carboxylic acids is 1. The molecule has 1 unspecified atom stereocenters. The Bertz CT molecular complexity index is 884. The van der Waals surface area contributed by atoms with Crippen molar-refractivity contribution in [2.24, 2.45) is 0 Å². The molecule has 1 heterocycles. The van der Waals surface area contributed by atoms with Gasteiger partial charge in [0.25, 0.3) is 0 Å². The van der Waals surface area contributed by atoms with Crippen LogP contribution in [0.4, 0.5) is 4.39 Å². The van der Waals surface area contributed by atoms with Gasteiger partial charge in [0.05, 0.1) is 5.92 Å². The van der Waals surface area contributed by atoms with E-state index >= 15 is 0 Å². The number of nitrogens with one attached hydrogen (secondary N) is 1. The van der Waals surface area contributed by atoms with Gasteiger partial charge < -0.3 is 5.32 Å². The second-order valence-electron chi connectivity index (χ2n) is 6.34. The molecule has 0 saturated carbocycles. The summed E-state index contributed by atoms with van der Waals surface area (Å²) >= 11 is 6.00. The SMILES string of the molecule is O=C(NCCc1cccc(Cl)c1)C(Cc1cccnc1)c1ccc(F)cc1. The van der Waals surface area contributed by atoms with Crippen LogP contribution in [0.5, 0.6) is 0 Å². The first-order valence-electron chi connectivity index (χ1n) is 8.78. The smallest absolute Gasteiger partial charge is 0.227 e. The van der Waals surface area contributed by atoms with Gasteiger partial charge in [0.2, 0.25) is 5.91 Å². The number of benzene rings is 2. The molecule has 0 radical (unpaired) electrons. The first kappa shape index (κ1) is 19.1. The van der Waals surface area contributed by atoms with Crippen LogP contribution in [-0.2, 0) is 17.6 Å². The van der Waals surface area contributed by atoms with Crippen LogP contribution in [-0.4, -0.2) is 17.4 Å². The number of hydrogen-bond donors (Lipinski definition) is 1. The minimum atomic E-state index is -0.408. The Morgan fingerprint density at radius 2 is 1.85 bits per heavy atom. The number of aromatic nitrogens is 1. The Balaban J connectivity index is 1.69. The van der Waals surface area contributed by atoms with Gasteiger partial charge in [0.1, 0.15) is 5.82 Å². The van der Waals surface area contributed by atoms with E-state index in [4.69, 9.17) is 11.6 Å². The Morgan fingerprint density at radius 3 is 2.56 bits per heavy atom. The van der Waals surface area contributed by atoms with Gasteiger partial charge >= 0.3 is 0 Å². The number of nitrogens with zero attached hydrogens (tertiary/aromatic N) is 1. The van der Waals surface area contributed by atoms with E-state index in [1.54, 1.807) is 24.5 Å². The van der Waals surface area contributed by atoms with E-state index in [-0.39, 0.29) is 11.7 Å². The summed E-state index contributed by atoms with van der Waals surface area (Å²) in [5.74, 6) is -0.818. The molecule has 0 bridgehead atoms. The van der Waals surface area contributed by atoms with E-state index in [2.05, 4.69) is 10.3 Å². The molecule has 27 heavy (non-hydrogen) atoms. The van der Waals surface area contributed by atoms with Crippen molar-refractivity contribution in [3.63, 3.8) is 0 Å². The molecule has 0 spiro atoms. The Kier molecular flexibility index (Phi) is 6.55. The molecule has 138 valence electrons. The number of halogens is 2. The predicted molar refractivity (Wildman–Crippen MR) is 105 cm³/mol. The minimum absolute atomic E-state index is 0.0903. The van der Waals surface area contributed by atoms with E-state index in [0.717, 1.165) is 16.7 Å². The number of pyridine rings is 1. The fraction of sp³-hybridized carbons (Fsp3) is 0.182. The highest BCUT2D eigenvalue weighted by molar-refractivity contribution is 6.30. The maximum atomic E-state index is 13.3. The lowest BCUT2D eigenvalue weighted by atomic mass is 9.91. The quantitative estimate of drug-likeness (QED) is 0.650. The van der Waals surface area contributed by atoms with E-state index in [9.17, 15) is 9.18 Å². The molecule has 1 N–H and O–H groups in total. The maximum absolute atomic E-state index is 13.3. The third kappa shape index (κ3) is 5.63. The third-order valence-corrected chi connectivity index (χ3v) is 4.59. The number of carbonyl (C=O) groups is 1. The van der Waals surface area contributed by atoms with E-state index < -0.39 is 5.92 Å². The average Bonchev–Trinajstić information content (AvgIpc) is 2.68. The standard InChI is InChI=1S/C22H20ClFN2O/c23-19-5-1-3-16(13-19)10-12-26-22(27)21(14-17-4-2-11-25-15-17)18-6-8-20(24)9-7-18/h1-9,11,13,15,21H,10,12,14H2,(H,26,27). The molecule has 3 aromatic rings.